The van der Waals surface area contributed by atoms with Gasteiger partial charge in [0.25, 0.3) is 5.89 Å². The molecule has 2 aromatic heterocycles. The van der Waals surface area contributed by atoms with Crippen molar-refractivity contribution in [2.75, 3.05) is 13.1 Å². The maximum absolute atomic E-state index is 13.7. The van der Waals surface area contributed by atoms with Crippen molar-refractivity contribution in [3.63, 3.8) is 0 Å². The summed E-state index contributed by atoms with van der Waals surface area (Å²) in [5.41, 5.74) is 2.01. The molecule has 1 aliphatic rings. The molecule has 0 bridgehead atoms. The van der Waals surface area contributed by atoms with Gasteiger partial charge >= 0.3 is 0 Å². The minimum Gasteiger partial charge on any atom is -0.481 e. The van der Waals surface area contributed by atoms with Crippen LogP contribution in [0.15, 0.2) is 34.9 Å². The van der Waals surface area contributed by atoms with Crippen LogP contribution in [0.3, 0.4) is 0 Å². The number of hydrogen-bond acceptors (Lipinski definition) is 6. The number of carbonyl (C=O) groups excluding carboxylic acids is 1. The average molecular weight is 427 g/mol. The Morgan fingerprint density at radius 3 is 2.94 bits per heavy atom. The van der Waals surface area contributed by atoms with Gasteiger partial charge in [-0.25, -0.2) is 4.39 Å². The molecule has 1 aromatic carbocycles. The Balaban J connectivity index is 1.31. The highest BCUT2D eigenvalue weighted by molar-refractivity contribution is 5.76. The Morgan fingerprint density at radius 2 is 2.16 bits per heavy atom. The highest BCUT2D eigenvalue weighted by Crippen LogP contribution is 2.26. The first-order chi connectivity index (χ1) is 15.0. The first-order valence-corrected chi connectivity index (χ1v) is 10.5. The van der Waals surface area contributed by atoms with Gasteiger partial charge in [-0.1, -0.05) is 17.3 Å². The number of amides is 1. The molecule has 1 fully saturated rings. The lowest BCUT2D eigenvalue weighted by Gasteiger charge is -2.31. The molecular formula is C22H26FN5O3. The van der Waals surface area contributed by atoms with Gasteiger partial charge in [0.15, 0.2) is 24.0 Å². The summed E-state index contributed by atoms with van der Waals surface area (Å²) in [5.74, 6) is 0.652. The van der Waals surface area contributed by atoms with E-state index in [0.29, 0.717) is 25.3 Å². The van der Waals surface area contributed by atoms with Gasteiger partial charge < -0.3 is 14.2 Å². The van der Waals surface area contributed by atoms with Crippen molar-refractivity contribution in [3.05, 3.63) is 59.3 Å². The van der Waals surface area contributed by atoms with E-state index in [1.165, 1.54) is 6.07 Å². The van der Waals surface area contributed by atoms with Crippen LogP contribution in [0.1, 0.15) is 48.3 Å². The summed E-state index contributed by atoms with van der Waals surface area (Å²) in [5, 5.41) is 8.48. The molecule has 1 aliphatic heterocycles. The van der Waals surface area contributed by atoms with Crippen molar-refractivity contribution in [3.8, 4) is 5.75 Å². The summed E-state index contributed by atoms with van der Waals surface area (Å²) in [6, 6.07) is 8.17. The van der Waals surface area contributed by atoms with Gasteiger partial charge in [0.1, 0.15) is 0 Å². The maximum atomic E-state index is 13.7. The number of benzene rings is 1. The molecule has 9 heteroatoms. The highest BCUT2D eigenvalue weighted by atomic mass is 19.1. The summed E-state index contributed by atoms with van der Waals surface area (Å²) in [7, 11) is 0. The quantitative estimate of drug-likeness (QED) is 0.574. The summed E-state index contributed by atoms with van der Waals surface area (Å²) in [6.45, 7) is 5.79. The van der Waals surface area contributed by atoms with Gasteiger partial charge in [-0.3, -0.25) is 9.48 Å². The normalized spacial score (nSPS) is 16.5. The van der Waals surface area contributed by atoms with Crippen LogP contribution in [0.25, 0.3) is 0 Å². The van der Waals surface area contributed by atoms with E-state index < -0.39 is 5.82 Å². The van der Waals surface area contributed by atoms with Crippen molar-refractivity contribution >= 4 is 5.91 Å². The molecule has 1 saturated heterocycles. The van der Waals surface area contributed by atoms with Gasteiger partial charge in [0.2, 0.25) is 5.91 Å². The number of para-hydroxylation sites is 1. The number of hydrogen-bond donors (Lipinski definition) is 0. The second kappa shape index (κ2) is 9.28. The zero-order valence-corrected chi connectivity index (χ0v) is 17.8. The standard InChI is InChI=1S/C22H26FN5O3/c1-15-12-16(2)28(25-15)11-9-21(29)27-10-5-6-17(13-27)22-24-20(31-26-22)14-30-19-8-4-3-7-18(19)23/h3-4,7-8,12,17H,5-6,9-11,13-14H2,1-2H3. The maximum Gasteiger partial charge on any atom is 0.264 e. The van der Waals surface area contributed by atoms with Crippen molar-refractivity contribution in [2.45, 2.75) is 52.2 Å². The van der Waals surface area contributed by atoms with Crippen LogP contribution in [0.5, 0.6) is 5.75 Å². The lowest BCUT2D eigenvalue weighted by atomic mass is 9.97. The highest BCUT2D eigenvalue weighted by Gasteiger charge is 2.28. The van der Waals surface area contributed by atoms with Crippen LogP contribution < -0.4 is 4.74 Å². The van der Waals surface area contributed by atoms with E-state index in [1.54, 1.807) is 18.2 Å². The number of piperidine rings is 1. The molecule has 1 amide bonds. The van der Waals surface area contributed by atoms with E-state index in [4.69, 9.17) is 9.26 Å². The van der Waals surface area contributed by atoms with E-state index in [9.17, 15) is 9.18 Å². The summed E-state index contributed by atoms with van der Waals surface area (Å²) < 4.78 is 26.2. The predicted octanol–water partition coefficient (Wildman–Crippen LogP) is 3.40. The lowest BCUT2D eigenvalue weighted by Crippen LogP contribution is -2.39. The third-order valence-corrected chi connectivity index (χ3v) is 5.45. The van der Waals surface area contributed by atoms with E-state index in [1.807, 2.05) is 29.5 Å². The second-order valence-corrected chi connectivity index (χ2v) is 7.84. The van der Waals surface area contributed by atoms with Crippen LogP contribution in [0.4, 0.5) is 4.39 Å². The molecule has 31 heavy (non-hydrogen) atoms. The van der Waals surface area contributed by atoms with Crippen molar-refractivity contribution in [2.24, 2.45) is 0 Å². The van der Waals surface area contributed by atoms with Crippen LogP contribution >= 0.6 is 0 Å². The number of ether oxygens (including phenoxy) is 1. The summed E-state index contributed by atoms with van der Waals surface area (Å²) in [4.78, 5) is 19.0. The van der Waals surface area contributed by atoms with Crippen LogP contribution in [0, 0.1) is 19.7 Å². The molecule has 0 spiro atoms. The summed E-state index contributed by atoms with van der Waals surface area (Å²) in [6.07, 6.45) is 2.17. The van der Waals surface area contributed by atoms with Crippen LogP contribution in [0.2, 0.25) is 0 Å². The van der Waals surface area contributed by atoms with Gasteiger partial charge in [0.05, 0.1) is 5.69 Å². The topological polar surface area (TPSA) is 86.3 Å². The molecule has 3 heterocycles. The first kappa shape index (κ1) is 21.0. The molecule has 164 valence electrons. The predicted molar refractivity (Wildman–Crippen MR) is 110 cm³/mol. The van der Waals surface area contributed by atoms with Crippen molar-refractivity contribution in [1.82, 2.24) is 24.8 Å². The molecule has 0 N–H and O–H groups in total. The van der Waals surface area contributed by atoms with Gasteiger partial charge in [-0.15, -0.1) is 0 Å². The van der Waals surface area contributed by atoms with Crippen molar-refractivity contribution in [1.29, 1.82) is 0 Å². The lowest BCUT2D eigenvalue weighted by molar-refractivity contribution is -0.132. The molecule has 8 nitrogen and oxygen atoms in total. The molecule has 3 aromatic rings. The minimum absolute atomic E-state index is 0.00800. The molecular weight excluding hydrogens is 401 g/mol. The third-order valence-electron chi connectivity index (χ3n) is 5.45. The van der Waals surface area contributed by atoms with E-state index in [2.05, 4.69) is 15.2 Å². The van der Waals surface area contributed by atoms with Gasteiger partial charge in [-0.2, -0.15) is 10.1 Å². The fourth-order valence-corrected chi connectivity index (χ4v) is 3.87. The van der Waals surface area contributed by atoms with E-state index in [-0.39, 0.29) is 30.1 Å². The molecule has 0 radical (unpaired) electrons. The number of carbonyl (C=O) groups is 1. The number of aryl methyl sites for hydroxylation is 3. The summed E-state index contributed by atoms with van der Waals surface area (Å²) >= 11 is 0. The fraction of sp³-hybridized carbons (Fsp3) is 0.455. The largest absolute Gasteiger partial charge is 0.481 e. The number of halogens is 1. The molecule has 1 unspecified atom stereocenters. The van der Waals surface area contributed by atoms with Crippen molar-refractivity contribution < 1.29 is 18.4 Å². The second-order valence-electron chi connectivity index (χ2n) is 7.84. The Morgan fingerprint density at radius 1 is 1.32 bits per heavy atom. The van der Waals surface area contributed by atoms with E-state index >= 15 is 0 Å². The Bertz CT molecular complexity index is 1050. The zero-order valence-electron chi connectivity index (χ0n) is 17.8. The monoisotopic (exact) mass is 427 g/mol. The van der Waals surface area contributed by atoms with Crippen LogP contribution in [-0.4, -0.2) is 43.8 Å². The number of likely N-dealkylation sites (tertiary alicyclic amines) is 1. The smallest absolute Gasteiger partial charge is 0.264 e. The Hall–Kier alpha value is -3.23. The van der Waals surface area contributed by atoms with E-state index in [0.717, 1.165) is 30.8 Å². The Labute approximate surface area is 180 Å². The molecule has 0 aliphatic carbocycles. The molecule has 0 saturated carbocycles. The first-order valence-electron chi connectivity index (χ1n) is 10.5. The van der Waals surface area contributed by atoms with Crippen LogP contribution in [-0.2, 0) is 17.9 Å². The zero-order chi connectivity index (χ0) is 21.8. The molecule has 1 atom stereocenters. The number of nitrogens with zero attached hydrogens (tertiary/aromatic N) is 5. The SMILES string of the molecule is Cc1cc(C)n(CCC(=O)N2CCCC(c3noc(COc4ccccc4F)n3)C2)n1. The number of aromatic nitrogens is 4. The molecule has 4 rings (SSSR count). The van der Waals surface area contributed by atoms with Gasteiger partial charge in [-0.05, 0) is 44.9 Å². The average Bonchev–Trinajstić information content (AvgIpc) is 3.37. The third kappa shape index (κ3) is 5.10. The minimum atomic E-state index is -0.441. The number of rotatable bonds is 7. The Kier molecular flexibility index (Phi) is 6.29. The van der Waals surface area contributed by atoms with Gasteiger partial charge in [0, 0.05) is 37.7 Å². The fourth-order valence-electron chi connectivity index (χ4n) is 3.87.